The summed E-state index contributed by atoms with van der Waals surface area (Å²) in [6.07, 6.45) is 6.21. The number of benzene rings is 1. The summed E-state index contributed by atoms with van der Waals surface area (Å²) in [4.78, 5) is 26.9. The Labute approximate surface area is 176 Å². The Morgan fingerprint density at radius 2 is 1.97 bits per heavy atom. The molecule has 0 N–H and O–H groups in total. The Morgan fingerprint density at radius 1 is 1.10 bits per heavy atom. The van der Waals surface area contributed by atoms with E-state index >= 15 is 0 Å². The van der Waals surface area contributed by atoms with Gasteiger partial charge in [0.1, 0.15) is 0 Å². The largest absolute Gasteiger partial charge is 0.377 e. The Balaban J connectivity index is 1.38. The zero-order valence-electron chi connectivity index (χ0n) is 17.0. The quantitative estimate of drug-likeness (QED) is 0.671. The normalized spacial score (nSPS) is 20.0. The van der Waals surface area contributed by atoms with Crippen LogP contribution in [0.4, 0.5) is 0 Å². The lowest BCUT2D eigenvalue weighted by Crippen LogP contribution is -2.50. The van der Waals surface area contributed by atoms with Gasteiger partial charge in [0.2, 0.25) is 0 Å². The zero-order valence-corrected chi connectivity index (χ0v) is 17.0. The second-order valence-corrected chi connectivity index (χ2v) is 8.04. The van der Waals surface area contributed by atoms with Crippen molar-refractivity contribution in [3.63, 3.8) is 0 Å². The van der Waals surface area contributed by atoms with E-state index in [2.05, 4.69) is 9.88 Å². The molecule has 1 amide bonds. The van der Waals surface area contributed by atoms with Crippen molar-refractivity contribution < 1.29 is 9.53 Å². The summed E-state index contributed by atoms with van der Waals surface area (Å²) >= 11 is 0. The first-order valence-corrected chi connectivity index (χ1v) is 10.7. The molecule has 0 radical (unpaired) electrons. The number of para-hydroxylation sites is 1. The summed E-state index contributed by atoms with van der Waals surface area (Å²) in [6, 6.07) is 13.6. The highest BCUT2D eigenvalue weighted by Crippen LogP contribution is 2.26. The second-order valence-electron chi connectivity index (χ2n) is 8.04. The van der Waals surface area contributed by atoms with Crippen molar-refractivity contribution in [2.24, 2.45) is 0 Å². The van der Waals surface area contributed by atoms with Crippen molar-refractivity contribution in [2.45, 2.75) is 18.9 Å². The molecular weight excluding hydrogens is 376 g/mol. The lowest BCUT2D eigenvalue weighted by Gasteiger charge is -2.36. The van der Waals surface area contributed by atoms with Crippen LogP contribution in [0, 0.1) is 0 Å². The number of rotatable bonds is 4. The smallest absolute Gasteiger partial charge is 0.254 e. The number of ether oxygens (including phenoxy) is 1. The van der Waals surface area contributed by atoms with Crippen LogP contribution in [0.5, 0.6) is 0 Å². The van der Waals surface area contributed by atoms with Crippen molar-refractivity contribution in [2.75, 3.05) is 39.3 Å². The van der Waals surface area contributed by atoms with Crippen LogP contribution in [-0.4, -0.2) is 71.1 Å². The predicted octanol–water partition coefficient (Wildman–Crippen LogP) is 3.23. The summed E-state index contributed by atoms with van der Waals surface area (Å²) in [6.45, 7) is 5.13. The molecule has 0 spiro atoms. The standard InChI is InChI=1S/C24H26N4O2/c29-24(28-12-10-27(11-13-28)17-19-6-4-14-30-19)21-15-23(18-5-3-9-25-16-18)26-22-8-2-1-7-20(21)22/h1-3,5,7-9,15-16,19H,4,6,10-14,17H2/t19-/m1/s1. The molecule has 2 aromatic heterocycles. The van der Waals surface area contributed by atoms with Gasteiger partial charge < -0.3 is 9.64 Å². The van der Waals surface area contributed by atoms with Gasteiger partial charge in [0.15, 0.2) is 0 Å². The van der Waals surface area contributed by atoms with Crippen LogP contribution >= 0.6 is 0 Å². The number of pyridine rings is 2. The summed E-state index contributed by atoms with van der Waals surface area (Å²) in [7, 11) is 0. The summed E-state index contributed by atoms with van der Waals surface area (Å²) in [5.74, 6) is 0.0792. The first-order valence-electron chi connectivity index (χ1n) is 10.7. The molecular formula is C24H26N4O2. The molecule has 30 heavy (non-hydrogen) atoms. The van der Waals surface area contributed by atoms with E-state index in [1.54, 1.807) is 12.4 Å². The van der Waals surface area contributed by atoms with Gasteiger partial charge in [-0.3, -0.25) is 14.7 Å². The monoisotopic (exact) mass is 402 g/mol. The number of carbonyl (C=O) groups excluding carboxylic acids is 1. The molecule has 2 fully saturated rings. The lowest BCUT2D eigenvalue weighted by molar-refractivity contribution is 0.0433. The number of hydrogen-bond acceptors (Lipinski definition) is 5. The van der Waals surface area contributed by atoms with Gasteiger partial charge in [-0.1, -0.05) is 18.2 Å². The molecule has 1 aromatic carbocycles. The minimum absolute atomic E-state index is 0.0792. The van der Waals surface area contributed by atoms with Gasteiger partial charge in [-0.25, -0.2) is 4.98 Å². The van der Waals surface area contributed by atoms with E-state index < -0.39 is 0 Å². The fourth-order valence-electron chi connectivity index (χ4n) is 4.39. The van der Waals surface area contributed by atoms with Gasteiger partial charge in [-0.2, -0.15) is 0 Å². The maximum atomic E-state index is 13.5. The Hall–Kier alpha value is -2.83. The van der Waals surface area contributed by atoms with E-state index in [0.717, 1.165) is 74.3 Å². The molecule has 6 heteroatoms. The fraction of sp³-hybridized carbons (Fsp3) is 0.375. The molecule has 4 heterocycles. The summed E-state index contributed by atoms with van der Waals surface area (Å²) < 4.78 is 5.77. The molecule has 0 unspecified atom stereocenters. The highest BCUT2D eigenvalue weighted by Gasteiger charge is 2.26. The van der Waals surface area contributed by atoms with Crippen molar-refractivity contribution in [3.05, 3.63) is 60.4 Å². The van der Waals surface area contributed by atoms with Crippen LogP contribution in [0.3, 0.4) is 0 Å². The van der Waals surface area contributed by atoms with Crippen LogP contribution < -0.4 is 0 Å². The van der Waals surface area contributed by atoms with Crippen LogP contribution in [0.15, 0.2) is 54.9 Å². The van der Waals surface area contributed by atoms with Crippen molar-refractivity contribution in [1.82, 2.24) is 19.8 Å². The average Bonchev–Trinajstić information content (AvgIpc) is 3.32. The number of hydrogen-bond donors (Lipinski definition) is 0. The lowest BCUT2D eigenvalue weighted by atomic mass is 10.0. The molecule has 1 atom stereocenters. The van der Waals surface area contributed by atoms with E-state index in [1.807, 2.05) is 47.4 Å². The average molecular weight is 402 g/mol. The van der Waals surface area contributed by atoms with Gasteiger partial charge in [-0.05, 0) is 37.1 Å². The molecule has 0 bridgehead atoms. The van der Waals surface area contributed by atoms with Gasteiger partial charge in [-0.15, -0.1) is 0 Å². The maximum absolute atomic E-state index is 13.5. The van der Waals surface area contributed by atoms with Crippen LogP contribution in [0.2, 0.25) is 0 Å². The first kappa shape index (κ1) is 19.2. The third-order valence-electron chi connectivity index (χ3n) is 6.05. The molecule has 3 aromatic rings. The Kier molecular flexibility index (Phi) is 5.43. The van der Waals surface area contributed by atoms with Crippen molar-refractivity contribution >= 4 is 16.8 Å². The number of aromatic nitrogens is 2. The number of carbonyl (C=O) groups is 1. The van der Waals surface area contributed by atoms with Gasteiger partial charge in [0.05, 0.1) is 22.9 Å². The number of piperazine rings is 1. The van der Waals surface area contributed by atoms with Crippen LogP contribution in [0.25, 0.3) is 22.2 Å². The minimum atomic E-state index is 0.0792. The molecule has 2 saturated heterocycles. The van der Waals surface area contributed by atoms with Gasteiger partial charge in [0, 0.05) is 62.7 Å². The molecule has 6 nitrogen and oxygen atoms in total. The third-order valence-corrected chi connectivity index (χ3v) is 6.05. The minimum Gasteiger partial charge on any atom is -0.377 e. The highest BCUT2D eigenvalue weighted by molar-refractivity contribution is 6.07. The van der Waals surface area contributed by atoms with E-state index in [9.17, 15) is 4.79 Å². The van der Waals surface area contributed by atoms with Gasteiger partial charge in [0.25, 0.3) is 5.91 Å². The Bertz CT molecular complexity index is 1030. The molecule has 2 aliphatic rings. The van der Waals surface area contributed by atoms with Crippen LogP contribution in [-0.2, 0) is 4.74 Å². The molecule has 0 saturated carbocycles. The summed E-state index contributed by atoms with van der Waals surface area (Å²) in [5.41, 5.74) is 3.24. The van der Waals surface area contributed by atoms with Gasteiger partial charge >= 0.3 is 0 Å². The maximum Gasteiger partial charge on any atom is 0.254 e. The van der Waals surface area contributed by atoms with Crippen molar-refractivity contribution in [3.8, 4) is 11.3 Å². The summed E-state index contributed by atoms with van der Waals surface area (Å²) in [5, 5.41) is 0.900. The first-order chi connectivity index (χ1) is 14.8. The zero-order chi connectivity index (χ0) is 20.3. The molecule has 2 aliphatic heterocycles. The topological polar surface area (TPSA) is 58.6 Å². The highest BCUT2D eigenvalue weighted by atomic mass is 16.5. The van der Waals surface area contributed by atoms with E-state index in [4.69, 9.17) is 9.72 Å². The van der Waals surface area contributed by atoms with E-state index in [0.29, 0.717) is 11.7 Å². The molecule has 0 aliphatic carbocycles. The SMILES string of the molecule is O=C(c1cc(-c2cccnc2)nc2ccccc12)N1CCN(C[C@H]2CCCO2)CC1. The second kappa shape index (κ2) is 8.50. The number of nitrogens with zero attached hydrogens (tertiary/aromatic N) is 4. The fourth-order valence-corrected chi connectivity index (χ4v) is 4.39. The third kappa shape index (κ3) is 3.93. The Morgan fingerprint density at radius 3 is 2.73 bits per heavy atom. The number of amides is 1. The molecule has 154 valence electrons. The molecule has 5 rings (SSSR count). The predicted molar refractivity (Wildman–Crippen MR) is 116 cm³/mol. The number of fused-ring (bicyclic) bond motifs is 1. The van der Waals surface area contributed by atoms with E-state index in [1.165, 1.54) is 0 Å². The van der Waals surface area contributed by atoms with Crippen LogP contribution in [0.1, 0.15) is 23.2 Å². The van der Waals surface area contributed by atoms with Crippen molar-refractivity contribution in [1.29, 1.82) is 0 Å². The van der Waals surface area contributed by atoms with E-state index in [-0.39, 0.29) is 5.91 Å².